The Balaban J connectivity index is 3.17. The van der Waals surface area contributed by atoms with Crippen molar-refractivity contribution < 1.29 is 9.47 Å². The fourth-order valence-corrected chi connectivity index (χ4v) is 2.06. The summed E-state index contributed by atoms with van der Waals surface area (Å²) in [7, 11) is 0. The number of rotatable bonds is 5. The zero-order chi connectivity index (χ0) is 13.9. The molecule has 4 heteroatoms. The lowest BCUT2D eigenvalue weighted by Gasteiger charge is -2.20. The predicted octanol–water partition coefficient (Wildman–Crippen LogP) is 4.04. The highest BCUT2D eigenvalue weighted by Crippen LogP contribution is 2.36. The maximum atomic E-state index is 5.97. The minimum atomic E-state index is -0.0804. The fraction of sp³-hybridized carbons (Fsp3) is 0.571. The SMILES string of the molecule is CC(C)Oc1cc(OC(C)C)c(C(C)N)cc1Br. The number of hydrogen-bond acceptors (Lipinski definition) is 3. The molecule has 3 nitrogen and oxygen atoms in total. The maximum absolute atomic E-state index is 5.97. The van der Waals surface area contributed by atoms with Crippen molar-refractivity contribution in [3.63, 3.8) is 0 Å². The summed E-state index contributed by atoms with van der Waals surface area (Å²) in [5.74, 6) is 1.57. The van der Waals surface area contributed by atoms with Crippen molar-refractivity contribution in [2.75, 3.05) is 0 Å². The first kappa shape index (κ1) is 15.3. The highest BCUT2D eigenvalue weighted by Gasteiger charge is 2.15. The second-order valence-corrected chi connectivity index (χ2v) is 5.80. The third kappa shape index (κ3) is 4.18. The van der Waals surface area contributed by atoms with E-state index in [4.69, 9.17) is 15.2 Å². The van der Waals surface area contributed by atoms with Crippen LogP contribution in [-0.4, -0.2) is 12.2 Å². The maximum Gasteiger partial charge on any atom is 0.137 e. The first-order valence-corrected chi connectivity index (χ1v) is 7.03. The van der Waals surface area contributed by atoms with Crippen molar-refractivity contribution in [1.29, 1.82) is 0 Å². The molecule has 0 radical (unpaired) electrons. The van der Waals surface area contributed by atoms with Crippen LogP contribution in [0.25, 0.3) is 0 Å². The van der Waals surface area contributed by atoms with Crippen LogP contribution in [0.5, 0.6) is 11.5 Å². The highest BCUT2D eigenvalue weighted by molar-refractivity contribution is 9.10. The van der Waals surface area contributed by atoms with Crippen LogP contribution in [0.2, 0.25) is 0 Å². The Morgan fingerprint density at radius 2 is 1.44 bits per heavy atom. The second-order valence-electron chi connectivity index (χ2n) is 4.94. The van der Waals surface area contributed by atoms with Crippen molar-refractivity contribution in [2.24, 2.45) is 5.73 Å². The average Bonchev–Trinajstić information content (AvgIpc) is 2.20. The van der Waals surface area contributed by atoms with E-state index in [1.807, 2.05) is 46.8 Å². The van der Waals surface area contributed by atoms with Gasteiger partial charge in [0.15, 0.2) is 0 Å². The van der Waals surface area contributed by atoms with Gasteiger partial charge in [0.1, 0.15) is 11.5 Å². The van der Waals surface area contributed by atoms with Gasteiger partial charge in [0.25, 0.3) is 0 Å². The Kier molecular flexibility index (Phi) is 5.47. The average molecular weight is 316 g/mol. The molecule has 0 saturated heterocycles. The van der Waals surface area contributed by atoms with Crippen LogP contribution >= 0.6 is 15.9 Å². The van der Waals surface area contributed by atoms with Crippen molar-refractivity contribution in [2.45, 2.75) is 52.9 Å². The highest BCUT2D eigenvalue weighted by atomic mass is 79.9. The van der Waals surface area contributed by atoms with Gasteiger partial charge in [0.05, 0.1) is 16.7 Å². The van der Waals surface area contributed by atoms with Crippen molar-refractivity contribution in [1.82, 2.24) is 0 Å². The van der Waals surface area contributed by atoms with Gasteiger partial charge < -0.3 is 15.2 Å². The monoisotopic (exact) mass is 315 g/mol. The molecule has 1 aromatic rings. The second kappa shape index (κ2) is 6.43. The minimum Gasteiger partial charge on any atom is -0.491 e. The van der Waals surface area contributed by atoms with Gasteiger partial charge in [0, 0.05) is 17.7 Å². The normalized spacial score (nSPS) is 12.9. The van der Waals surface area contributed by atoms with Gasteiger partial charge in [-0.2, -0.15) is 0 Å². The third-order valence-corrected chi connectivity index (χ3v) is 2.90. The first-order valence-electron chi connectivity index (χ1n) is 6.23. The minimum absolute atomic E-state index is 0.0804. The molecule has 0 aromatic heterocycles. The summed E-state index contributed by atoms with van der Waals surface area (Å²) >= 11 is 3.51. The van der Waals surface area contributed by atoms with E-state index in [9.17, 15) is 0 Å². The van der Waals surface area contributed by atoms with E-state index in [0.717, 1.165) is 21.5 Å². The standard InChI is InChI=1S/C14H22BrNO2/c1-8(2)17-13-7-14(18-9(3)4)12(15)6-11(13)10(5)16/h6-10H,16H2,1-5H3. The van der Waals surface area contributed by atoms with Crippen LogP contribution < -0.4 is 15.2 Å². The number of halogens is 1. The fourth-order valence-electron chi connectivity index (χ4n) is 1.61. The Bertz CT molecular complexity index is 403. The third-order valence-electron chi connectivity index (χ3n) is 2.28. The van der Waals surface area contributed by atoms with Crippen LogP contribution in [0.1, 0.15) is 46.2 Å². The molecule has 0 heterocycles. The number of hydrogen-bond donors (Lipinski definition) is 1. The van der Waals surface area contributed by atoms with E-state index in [-0.39, 0.29) is 18.2 Å². The van der Waals surface area contributed by atoms with Crippen LogP contribution in [0.15, 0.2) is 16.6 Å². The molecule has 1 atom stereocenters. The van der Waals surface area contributed by atoms with Gasteiger partial charge in [-0.1, -0.05) is 0 Å². The van der Waals surface area contributed by atoms with Crippen LogP contribution in [0.4, 0.5) is 0 Å². The Morgan fingerprint density at radius 1 is 0.944 bits per heavy atom. The number of ether oxygens (including phenoxy) is 2. The summed E-state index contributed by atoms with van der Waals surface area (Å²) in [4.78, 5) is 0. The molecule has 0 saturated carbocycles. The van der Waals surface area contributed by atoms with Gasteiger partial charge in [-0.15, -0.1) is 0 Å². The Labute approximate surface area is 118 Å². The topological polar surface area (TPSA) is 44.5 Å². The molecule has 0 spiro atoms. The van der Waals surface area contributed by atoms with Crippen molar-refractivity contribution >= 4 is 15.9 Å². The van der Waals surface area contributed by atoms with Crippen molar-refractivity contribution in [3.05, 3.63) is 22.2 Å². The van der Waals surface area contributed by atoms with Crippen LogP contribution in [-0.2, 0) is 0 Å². The molecule has 102 valence electrons. The largest absolute Gasteiger partial charge is 0.491 e. The van der Waals surface area contributed by atoms with E-state index in [1.54, 1.807) is 0 Å². The van der Waals surface area contributed by atoms with Gasteiger partial charge in [-0.3, -0.25) is 0 Å². The Morgan fingerprint density at radius 3 is 1.89 bits per heavy atom. The van der Waals surface area contributed by atoms with E-state index in [2.05, 4.69) is 15.9 Å². The quantitative estimate of drug-likeness (QED) is 0.891. The van der Waals surface area contributed by atoms with E-state index in [1.165, 1.54) is 0 Å². The van der Waals surface area contributed by atoms with Crippen LogP contribution in [0, 0.1) is 0 Å². The summed E-state index contributed by atoms with van der Waals surface area (Å²) in [6.07, 6.45) is 0.227. The first-order chi connectivity index (χ1) is 8.31. The molecule has 0 fully saturated rings. The lowest BCUT2D eigenvalue weighted by Crippen LogP contribution is -2.13. The smallest absolute Gasteiger partial charge is 0.137 e. The summed E-state index contributed by atoms with van der Waals surface area (Å²) in [6, 6.07) is 3.80. The molecule has 0 aliphatic rings. The lowest BCUT2D eigenvalue weighted by atomic mass is 10.1. The van der Waals surface area contributed by atoms with Crippen LogP contribution in [0.3, 0.4) is 0 Å². The summed E-state index contributed by atoms with van der Waals surface area (Å²) < 4.78 is 12.4. The lowest BCUT2D eigenvalue weighted by molar-refractivity contribution is 0.226. The zero-order valence-corrected chi connectivity index (χ0v) is 13.2. The molecule has 0 aliphatic carbocycles. The number of nitrogens with two attached hydrogens (primary N) is 1. The molecule has 0 bridgehead atoms. The molecule has 0 aliphatic heterocycles. The van der Waals surface area contributed by atoms with Gasteiger partial charge in [-0.25, -0.2) is 0 Å². The summed E-state index contributed by atoms with van der Waals surface area (Å²) in [5.41, 5.74) is 6.95. The molecule has 0 amide bonds. The number of benzene rings is 1. The van der Waals surface area contributed by atoms with Gasteiger partial charge in [0.2, 0.25) is 0 Å². The van der Waals surface area contributed by atoms with E-state index >= 15 is 0 Å². The molecule has 18 heavy (non-hydrogen) atoms. The Hall–Kier alpha value is -0.740. The molecular weight excluding hydrogens is 294 g/mol. The van der Waals surface area contributed by atoms with E-state index in [0.29, 0.717) is 0 Å². The summed E-state index contributed by atoms with van der Waals surface area (Å²) in [6.45, 7) is 9.92. The van der Waals surface area contributed by atoms with Gasteiger partial charge in [-0.05, 0) is 56.6 Å². The molecule has 1 aromatic carbocycles. The van der Waals surface area contributed by atoms with Crippen molar-refractivity contribution in [3.8, 4) is 11.5 Å². The summed E-state index contributed by atoms with van der Waals surface area (Å²) in [5, 5.41) is 0. The van der Waals surface area contributed by atoms with Gasteiger partial charge >= 0.3 is 0 Å². The van der Waals surface area contributed by atoms with E-state index < -0.39 is 0 Å². The molecular formula is C14H22BrNO2. The zero-order valence-electron chi connectivity index (χ0n) is 11.7. The molecule has 1 unspecified atom stereocenters. The predicted molar refractivity (Wildman–Crippen MR) is 78.3 cm³/mol. The molecule has 2 N–H and O–H groups in total. The molecule has 1 rings (SSSR count).